The maximum atomic E-state index is 5.35. The molecule has 0 saturated heterocycles. The summed E-state index contributed by atoms with van der Waals surface area (Å²) in [5, 5.41) is 6.72. The number of hydrogen-bond acceptors (Lipinski definition) is 5. The fourth-order valence-corrected chi connectivity index (χ4v) is 2.36. The van der Waals surface area contributed by atoms with Crippen LogP contribution in [0.4, 0.5) is 5.82 Å². The third kappa shape index (κ3) is 4.26. The summed E-state index contributed by atoms with van der Waals surface area (Å²) in [7, 11) is 4.75. The van der Waals surface area contributed by atoms with Crippen molar-refractivity contribution in [3.63, 3.8) is 0 Å². The van der Waals surface area contributed by atoms with Gasteiger partial charge >= 0.3 is 0 Å². The van der Waals surface area contributed by atoms with Gasteiger partial charge in [0.15, 0.2) is 16.6 Å². The highest BCUT2D eigenvalue weighted by molar-refractivity contribution is 7.80. The summed E-state index contributed by atoms with van der Waals surface area (Å²) in [6.07, 6.45) is 1.72. The van der Waals surface area contributed by atoms with Crippen molar-refractivity contribution in [2.24, 2.45) is 0 Å². The Morgan fingerprint density at radius 3 is 2.33 bits per heavy atom. The second-order valence-corrected chi connectivity index (χ2v) is 5.42. The third-order valence-electron chi connectivity index (χ3n) is 3.42. The third-order valence-corrected chi connectivity index (χ3v) is 3.67. The summed E-state index contributed by atoms with van der Waals surface area (Å²) in [6, 6.07) is 7.61. The smallest absolute Gasteiger partial charge is 0.203 e. The Morgan fingerprint density at radius 2 is 1.79 bits per heavy atom. The highest BCUT2D eigenvalue weighted by Crippen LogP contribution is 2.38. The lowest BCUT2D eigenvalue weighted by molar-refractivity contribution is 0.323. The van der Waals surface area contributed by atoms with Gasteiger partial charge in [0, 0.05) is 12.7 Å². The molecule has 0 aliphatic heterocycles. The van der Waals surface area contributed by atoms with E-state index in [0.717, 1.165) is 16.9 Å². The second kappa shape index (κ2) is 8.35. The zero-order valence-corrected chi connectivity index (χ0v) is 15.0. The number of aryl methyl sites for hydroxylation is 1. The van der Waals surface area contributed by atoms with Crippen LogP contribution in [0.1, 0.15) is 11.1 Å². The van der Waals surface area contributed by atoms with Gasteiger partial charge in [0.2, 0.25) is 5.75 Å². The first-order valence-corrected chi connectivity index (χ1v) is 7.75. The molecule has 2 rings (SSSR count). The van der Waals surface area contributed by atoms with Crippen LogP contribution in [0.5, 0.6) is 17.2 Å². The maximum absolute atomic E-state index is 5.35. The average Bonchev–Trinajstić information content (AvgIpc) is 2.60. The quantitative estimate of drug-likeness (QED) is 0.779. The molecule has 7 heteroatoms. The molecular weight excluding hydrogens is 326 g/mol. The molecule has 24 heavy (non-hydrogen) atoms. The maximum Gasteiger partial charge on any atom is 0.203 e. The lowest BCUT2D eigenvalue weighted by Gasteiger charge is -2.15. The van der Waals surface area contributed by atoms with Crippen molar-refractivity contribution in [2.75, 3.05) is 26.6 Å². The van der Waals surface area contributed by atoms with E-state index in [1.807, 2.05) is 31.2 Å². The molecule has 0 aliphatic rings. The minimum absolute atomic E-state index is 0.491. The Hall–Kier alpha value is -2.54. The Balaban J connectivity index is 2.06. The van der Waals surface area contributed by atoms with E-state index in [1.165, 1.54) is 0 Å². The Bertz CT molecular complexity index is 697. The first-order chi connectivity index (χ1) is 11.6. The first-order valence-electron chi connectivity index (χ1n) is 7.34. The van der Waals surface area contributed by atoms with Gasteiger partial charge in [0.1, 0.15) is 5.82 Å². The van der Waals surface area contributed by atoms with E-state index in [-0.39, 0.29) is 0 Å². The Morgan fingerprint density at radius 1 is 1.12 bits per heavy atom. The fourth-order valence-electron chi connectivity index (χ4n) is 2.19. The number of aromatic nitrogens is 1. The largest absolute Gasteiger partial charge is 0.493 e. The molecule has 0 unspecified atom stereocenters. The number of hydrogen-bond donors (Lipinski definition) is 2. The molecule has 128 valence electrons. The van der Waals surface area contributed by atoms with Crippen LogP contribution >= 0.6 is 12.2 Å². The summed E-state index contributed by atoms with van der Waals surface area (Å²) in [5.74, 6) is 2.51. The SMILES string of the molecule is COc1cc(CNC(=S)Nc2ncccc2C)cc(OC)c1OC. The zero-order valence-electron chi connectivity index (χ0n) is 14.2. The number of anilines is 1. The predicted octanol–water partition coefficient (Wildman–Crippen LogP) is 2.90. The molecule has 0 spiro atoms. The van der Waals surface area contributed by atoms with E-state index in [4.69, 9.17) is 26.4 Å². The van der Waals surface area contributed by atoms with E-state index in [1.54, 1.807) is 27.5 Å². The molecule has 0 radical (unpaired) electrons. The van der Waals surface area contributed by atoms with Gasteiger partial charge < -0.3 is 24.8 Å². The molecule has 0 bridgehead atoms. The van der Waals surface area contributed by atoms with Crippen LogP contribution in [0.2, 0.25) is 0 Å². The van der Waals surface area contributed by atoms with Gasteiger partial charge in [-0.1, -0.05) is 6.07 Å². The minimum Gasteiger partial charge on any atom is -0.493 e. The highest BCUT2D eigenvalue weighted by Gasteiger charge is 2.13. The molecule has 6 nitrogen and oxygen atoms in total. The van der Waals surface area contributed by atoms with Crippen molar-refractivity contribution in [1.29, 1.82) is 0 Å². The molecule has 1 aromatic heterocycles. The minimum atomic E-state index is 0.491. The lowest BCUT2D eigenvalue weighted by atomic mass is 10.2. The number of nitrogens with zero attached hydrogens (tertiary/aromatic N) is 1. The van der Waals surface area contributed by atoms with Gasteiger partial charge in [0.05, 0.1) is 21.3 Å². The van der Waals surface area contributed by atoms with Crippen molar-refractivity contribution >= 4 is 23.1 Å². The number of nitrogens with one attached hydrogen (secondary N) is 2. The average molecular weight is 347 g/mol. The standard InChI is InChI=1S/C17H21N3O3S/c1-11-6-5-7-18-16(11)20-17(24)19-10-12-8-13(21-2)15(23-4)14(9-12)22-3/h5-9H,10H2,1-4H3,(H2,18,19,20,24). The number of rotatable bonds is 6. The molecule has 0 fully saturated rings. The molecule has 2 aromatic rings. The molecule has 0 aliphatic carbocycles. The zero-order chi connectivity index (χ0) is 17.5. The normalized spacial score (nSPS) is 10.0. The van der Waals surface area contributed by atoms with Gasteiger partial charge in [-0.25, -0.2) is 4.98 Å². The van der Waals surface area contributed by atoms with Crippen LogP contribution in [-0.2, 0) is 6.54 Å². The summed E-state index contributed by atoms with van der Waals surface area (Å²) in [5.41, 5.74) is 1.97. The Kier molecular flexibility index (Phi) is 6.20. The van der Waals surface area contributed by atoms with Gasteiger partial charge in [0.25, 0.3) is 0 Å². The van der Waals surface area contributed by atoms with E-state index in [0.29, 0.717) is 28.9 Å². The molecule has 2 N–H and O–H groups in total. The fraction of sp³-hybridized carbons (Fsp3) is 0.294. The molecular formula is C17H21N3O3S. The first kappa shape index (κ1) is 17.8. The predicted molar refractivity (Wildman–Crippen MR) is 98.1 cm³/mol. The van der Waals surface area contributed by atoms with Crippen LogP contribution in [0, 0.1) is 6.92 Å². The van der Waals surface area contributed by atoms with Crippen LogP contribution in [0.25, 0.3) is 0 Å². The second-order valence-electron chi connectivity index (χ2n) is 5.01. The van der Waals surface area contributed by atoms with Gasteiger partial charge in [-0.05, 0) is 48.5 Å². The summed E-state index contributed by atoms with van der Waals surface area (Å²) < 4.78 is 16.0. The molecule has 0 atom stereocenters. The van der Waals surface area contributed by atoms with Crippen LogP contribution in [0.15, 0.2) is 30.5 Å². The van der Waals surface area contributed by atoms with Crippen LogP contribution < -0.4 is 24.8 Å². The highest BCUT2D eigenvalue weighted by atomic mass is 32.1. The van der Waals surface area contributed by atoms with Crippen LogP contribution in [-0.4, -0.2) is 31.4 Å². The Labute approximate surface area is 147 Å². The van der Waals surface area contributed by atoms with Gasteiger partial charge in [-0.3, -0.25) is 0 Å². The van der Waals surface area contributed by atoms with Crippen molar-refractivity contribution in [2.45, 2.75) is 13.5 Å². The van der Waals surface area contributed by atoms with Crippen molar-refractivity contribution in [3.8, 4) is 17.2 Å². The molecule has 1 aromatic carbocycles. The van der Waals surface area contributed by atoms with E-state index in [9.17, 15) is 0 Å². The van der Waals surface area contributed by atoms with Crippen molar-refractivity contribution in [3.05, 3.63) is 41.6 Å². The van der Waals surface area contributed by atoms with Crippen LogP contribution in [0.3, 0.4) is 0 Å². The molecule has 1 heterocycles. The van der Waals surface area contributed by atoms with Gasteiger partial charge in [-0.2, -0.15) is 0 Å². The van der Waals surface area contributed by atoms with E-state index in [2.05, 4.69) is 15.6 Å². The number of benzene rings is 1. The number of methoxy groups -OCH3 is 3. The van der Waals surface area contributed by atoms with E-state index < -0.39 is 0 Å². The number of pyridine rings is 1. The monoisotopic (exact) mass is 347 g/mol. The molecule has 0 amide bonds. The summed E-state index contributed by atoms with van der Waals surface area (Å²) >= 11 is 5.32. The lowest BCUT2D eigenvalue weighted by Crippen LogP contribution is -2.28. The summed E-state index contributed by atoms with van der Waals surface area (Å²) in [4.78, 5) is 4.26. The van der Waals surface area contributed by atoms with Crippen molar-refractivity contribution < 1.29 is 14.2 Å². The summed E-state index contributed by atoms with van der Waals surface area (Å²) in [6.45, 7) is 2.48. The number of thiocarbonyl (C=S) groups is 1. The molecule has 0 saturated carbocycles. The number of ether oxygens (including phenoxy) is 3. The van der Waals surface area contributed by atoms with Gasteiger partial charge in [-0.15, -0.1) is 0 Å². The van der Waals surface area contributed by atoms with E-state index >= 15 is 0 Å². The topological polar surface area (TPSA) is 64.6 Å². The van der Waals surface area contributed by atoms with Crippen molar-refractivity contribution in [1.82, 2.24) is 10.3 Å².